The quantitative estimate of drug-likeness (QED) is 0.182. The summed E-state index contributed by atoms with van der Waals surface area (Å²) in [4.78, 5) is 40.6. The van der Waals surface area contributed by atoms with E-state index in [9.17, 15) is 29.7 Å². The number of phenols is 2. The zero-order valence-corrected chi connectivity index (χ0v) is 28.2. The Morgan fingerprint density at radius 2 is 1.59 bits per heavy atom. The molecule has 2 heterocycles. The predicted octanol–water partition coefficient (Wildman–Crippen LogP) is 7.27. The first-order chi connectivity index (χ1) is 21.5. The van der Waals surface area contributed by atoms with Crippen LogP contribution in [0, 0.1) is 11.8 Å². The Labute approximate surface area is 271 Å². The van der Waals surface area contributed by atoms with Crippen molar-refractivity contribution >= 4 is 17.5 Å². The molecule has 1 aromatic carbocycles. The van der Waals surface area contributed by atoms with E-state index in [1.165, 1.54) is 18.6 Å². The second kappa shape index (κ2) is 11.7. The number of carboxylic acids is 1. The van der Waals surface area contributed by atoms with Crippen molar-refractivity contribution in [2.24, 2.45) is 11.8 Å². The molecule has 1 saturated heterocycles. The molecule has 1 saturated carbocycles. The molecule has 3 N–H and O–H groups in total. The Kier molecular flexibility index (Phi) is 8.52. The van der Waals surface area contributed by atoms with E-state index < -0.39 is 40.4 Å². The van der Waals surface area contributed by atoms with Crippen LogP contribution in [0.4, 0.5) is 0 Å². The van der Waals surface area contributed by atoms with Gasteiger partial charge >= 0.3 is 5.97 Å². The first-order valence-corrected chi connectivity index (χ1v) is 16.1. The SMILES string of the molecule is CC(C)=CCC/C(C)=C/Cc1c(O)c(CC=C(C)C)c2c(c1O)C(=O)C1=C[C@H]3CC4C(C)(C)O[C@@](C/C=C(\C)C(=O)O)(C3=O)[C@]14O2. The van der Waals surface area contributed by atoms with E-state index in [1.807, 2.05) is 46.8 Å². The van der Waals surface area contributed by atoms with Gasteiger partial charge in [0.2, 0.25) is 0 Å². The van der Waals surface area contributed by atoms with Crippen LogP contribution in [0.15, 0.2) is 58.2 Å². The van der Waals surface area contributed by atoms with Gasteiger partial charge in [0.05, 0.1) is 5.60 Å². The number of carbonyl (C=O) groups is 3. The van der Waals surface area contributed by atoms with Gasteiger partial charge < -0.3 is 24.8 Å². The number of benzene rings is 1. The van der Waals surface area contributed by atoms with Crippen LogP contribution in [0.3, 0.4) is 0 Å². The number of ether oxygens (including phenoxy) is 2. The third kappa shape index (κ3) is 5.05. The second-order valence-corrected chi connectivity index (χ2v) is 14.4. The number of phenolic OH excluding ortho intramolecular Hbond substituents is 2. The number of aliphatic carboxylic acids is 1. The molecule has 2 aliphatic heterocycles. The number of hydrogen-bond acceptors (Lipinski definition) is 7. The van der Waals surface area contributed by atoms with Gasteiger partial charge in [-0.3, -0.25) is 9.59 Å². The molecule has 1 spiro atoms. The number of fused-ring (bicyclic) bond motifs is 1. The van der Waals surface area contributed by atoms with Gasteiger partial charge in [0.1, 0.15) is 22.8 Å². The fourth-order valence-electron chi connectivity index (χ4n) is 7.80. The van der Waals surface area contributed by atoms with Crippen molar-refractivity contribution in [3.63, 3.8) is 0 Å². The molecule has 8 nitrogen and oxygen atoms in total. The maximum Gasteiger partial charge on any atom is 0.330 e. The molecule has 3 aliphatic carbocycles. The van der Waals surface area contributed by atoms with Gasteiger partial charge in [0.15, 0.2) is 22.8 Å². The molecule has 1 unspecified atom stereocenters. The van der Waals surface area contributed by atoms with E-state index in [4.69, 9.17) is 9.47 Å². The minimum absolute atomic E-state index is 0.0259. The third-order valence-corrected chi connectivity index (χ3v) is 10.2. The molecule has 46 heavy (non-hydrogen) atoms. The lowest BCUT2D eigenvalue weighted by molar-refractivity contribution is -0.171. The van der Waals surface area contributed by atoms with E-state index in [0.29, 0.717) is 12.0 Å². The van der Waals surface area contributed by atoms with Gasteiger partial charge in [0, 0.05) is 40.5 Å². The molecular weight excluding hydrogens is 584 g/mol. The van der Waals surface area contributed by atoms with Crippen LogP contribution in [-0.4, -0.2) is 49.7 Å². The topological polar surface area (TPSA) is 130 Å². The zero-order chi connectivity index (χ0) is 33.9. The number of ketones is 2. The first-order valence-electron chi connectivity index (χ1n) is 16.1. The fraction of sp³-hybridized carbons (Fsp3) is 0.500. The molecule has 4 bridgehead atoms. The van der Waals surface area contributed by atoms with Crippen molar-refractivity contribution < 1.29 is 39.2 Å². The van der Waals surface area contributed by atoms with Gasteiger partial charge in [-0.2, -0.15) is 0 Å². The van der Waals surface area contributed by atoms with Crippen LogP contribution in [0.2, 0.25) is 0 Å². The standard InChI is InChI=1S/C38H46O8/c1-20(2)10-9-11-22(5)13-15-25-30(39)26(14-12-21(3)4)33-29(31(25)40)32(41)27-18-24-19-28-36(7,8)46-37(34(24)42,38(27,28)45-33)17-16-23(6)35(43)44/h10,12-13,16,18,24,28,39-40H,9,11,14-15,17,19H2,1-8H3,(H,43,44)/b22-13+,23-16+/t24-,28?,37-,38-/m0/s1. The maximum absolute atomic E-state index is 14.7. The Morgan fingerprint density at radius 1 is 0.935 bits per heavy atom. The average molecular weight is 631 g/mol. The van der Waals surface area contributed by atoms with Crippen molar-refractivity contribution in [2.45, 2.75) is 111 Å². The molecule has 8 heteroatoms. The lowest BCUT2D eigenvalue weighted by Crippen LogP contribution is -2.72. The molecule has 6 rings (SSSR count). The summed E-state index contributed by atoms with van der Waals surface area (Å²) in [7, 11) is 0. The molecule has 4 atom stereocenters. The van der Waals surface area contributed by atoms with E-state index in [-0.39, 0.29) is 64.6 Å². The highest BCUT2D eigenvalue weighted by atomic mass is 16.6. The van der Waals surface area contributed by atoms with Crippen molar-refractivity contribution in [3.8, 4) is 17.2 Å². The first kappa shape index (κ1) is 33.5. The summed E-state index contributed by atoms with van der Waals surface area (Å²) in [5, 5.41) is 33.0. The van der Waals surface area contributed by atoms with Crippen molar-refractivity contribution in [3.05, 3.63) is 74.9 Å². The molecule has 246 valence electrons. The van der Waals surface area contributed by atoms with Gasteiger partial charge in [-0.25, -0.2) is 4.79 Å². The summed E-state index contributed by atoms with van der Waals surface area (Å²) < 4.78 is 13.6. The highest BCUT2D eigenvalue weighted by Crippen LogP contribution is 2.68. The minimum atomic E-state index is -1.67. The summed E-state index contributed by atoms with van der Waals surface area (Å²) in [6.45, 7) is 15.2. The van der Waals surface area contributed by atoms with E-state index >= 15 is 0 Å². The maximum atomic E-state index is 14.7. The molecule has 0 amide bonds. The van der Waals surface area contributed by atoms with Gasteiger partial charge in [-0.15, -0.1) is 0 Å². The Bertz CT molecular complexity index is 1670. The number of allylic oxidation sites excluding steroid dienone is 7. The lowest BCUT2D eigenvalue weighted by atomic mass is 9.51. The molecule has 2 fully saturated rings. The van der Waals surface area contributed by atoms with Crippen LogP contribution in [-0.2, 0) is 27.2 Å². The van der Waals surface area contributed by atoms with Crippen molar-refractivity contribution in [1.82, 2.24) is 0 Å². The largest absolute Gasteiger partial charge is 0.507 e. The number of rotatable bonds is 10. The van der Waals surface area contributed by atoms with E-state index in [2.05, 4.69) is 19.9 Å². The normalized spacial score (nSPS) is 27.4. The Morgan fingerprint density at radius 3 is 2.22 bits per heavy atom. The number of carbonyl (C=O) groups excluding carboxylic acids is 2. The van der Waals surface area contributed by atoms with Crippen molar-refractivity contribution in [1.29, 1.82) is 0 Å². The van der Waals surface area contributed by atoms with E-state index in [0.717, 1.165) is 24.0 Å². The monoisotopic (exact) mass is 630 g/mol. The van der Waals surface area contributed by atoms with Gasteiger partial charge in [0.25, 0.3) is 0 Å². The number of carboxylic acid groups (broad SMARTS) is 1. The molecule has 0 aromatic heterocycles. The fourth-order valence-corrected chi connectivity index (χ4v) is 7.80. The summed E-state index contributed by atoms with van der Waals surface area (Å²) in [6, 6.07) is 0. The van der Waals surface area contributed by atoms with Crippen LogP contribution in [0.5, 0.6) is 17.2 Å². The number of aromatic hydroxyl groups is 2. The van der Waals surface area contributed by atoms with Gasteiger partial charge in [-0.1, -0.05) is 47.1 Å². The number of Topliss-reactive ketones (excluding diaryl/α,β-unsaturated/α-hetero) is 2. The summed E-state index contributed by atoms with van der Waals surface area (Å²) >= 11 is 0. The van der Waals surface area contributed by atoms with Crippen LogP contribution in [0.1, 0.15) is 103 Å². The second-order valence-electron chi connectivity index (χ2n) is 14.4. The Balaban J connectivity index is 1.71. The highest BCUT2D eigenvalue weighted by Gasteiger charge is 2.81. The van der Waals surface area contributed by atoms with Crippen LogP contribution < -0.4 is 4.74 Å². The molecule has 5 aliphatic rings. The predicted molar refractivity (Wildman–Crippen MR) is 175 cm³/mol. The summed E-state index contributed by atoms with van der Waals surface area (Å²) in [5.74, 6) is -3.33. The molecule has 1 aromatic rings. The van der Waals surface area contributed by atoms with Crippen LogP contribution >= 0.6 is 0 Å². The van der Waals surface area contributed by atoms with Crippen LogP contribution in [0.25, 0.3) is 0 Å². The third-order valence-electron chi connectivity index (χ3n) is 10.2. The van der Waals surface area contributed by atoms with Gasteiger partial charge in [-0.05, 0) is 87.5 Å². The average Bonchev–Trinajstić information content (AvgIpc) is 3.12. The smallest absolute Gasteiger partial charge is 0.330 e. The van der Waals surface area contributed by atoms with Crippen molar-refractivity contribution in [2.75, 3.05) is 0 Å². The molecule has 0 radical (unpaired) electrons. The minimum Gasteiger partial charge on any atom is -0.507 e. The lowest BCUT2D eigenvalue weighted by Gasteiger charge is -2.56. The summed E-state index contributed by atoms with van der Waals surface area (Å²) in [5.41, 5.74) is 0.0623. The summed E-state index contributed by atoms with van der Waals surface area (Å²) in [6.07, 6.45) is 11.6. The highest BCUT2D eigenvalue weighted by molar-refractivity contribution is 6.18. The molecular formula is C38H46O8. The van der Waals surface area contributed by atoms with E-state index in [1.54, 1.807) is 6.08 Å². The Hall–Kier alpha value is -3.91. The number of hydrogen-bond donors (Lipinski definition) is 3. The zero-order valence-electron chi connectivity index (χ0n) is 28.2.